The van der Waals surface area contributed by atoms with E-state index in [1.165, 1.54) is 27.8 Å². The minimum Gasteiger partial charge on any atom is -0.496 e. The lowest BCUT2D eigenvalue weighted by atomic mass is 9.75. The number of rotatable bonds is 4. The van der Waals surface area contributed by atoms with Gasteiger partial charge in [-0.2, -0.15) is 0 Å². The Labute approximate surface area is 192 Å². The van der Waals surface area contributed by atoms with Gasteiger partial charge in [-0.15, -0.1) is 0 Å². The molecule has 3 heteroatoms. The molecule has 0 amide bonds. The second-order valence-electron chi connectivity index (χ2n) is 10.6. The number of hydrogen-bond donors (Lipinski definition) is 0. The molecule has 0 unspecified atom stereocenters. The molecule has 0 saturated heterocycles. The summed E-state index contributed by atoms with van der Waals surface area (Å²) in [7, 11) is 1.78. The molecule has 0 aromatic heterocycles. The van der Waals surface area contributed by atoms with Crippen molar-refractivity contribution in [2.75, 3.05) is 13.9 Å². The van der Waals surface area contributed by atoms with Crippen LogP contribution in [0.1, 0.15) is 75.3 Å². The smallest absolute Gasteiger partial charge is 0.231 e. The molecule has 3 aromatic rings. The highest BCUT2D eigenvalue weighted by molar-refractivity contribution is 5.56. The van der Waals surface area contributed by atoms with Crippen LogP contribution >= 0.6 is 0 Å². The Morgan fingerprint density at radius 2 is 1.28 bits per heavy atom. The van der Waals surface area contributed by atoms with E-state index < -0.39 is 0 Å². The van der Waals surface area contributed by atoms with Crippen molar-refractivity contribution in [3.05, 3.63) is 88.5 Å². The van der Waals surface area contributed by atoms with Crippen LogP contribution < -0.4 is 14.2 Å². The SMILES string of the molecule is COc1c(C(C)(C)C)cc([C@H](c2ccccc2)c2ccc3c(c2)OCO3)cc1C(C)(C)C. The summed E-state index contributed by atoms with van der Waals surface area (Å²) >= 11 is 0. The Bertz CT molecular complexity index is 1070. The van der Waals surface area contributed by atoms with Gasteiger partial charge >= 0.3 is 0 Å². The van der Waals surface area contributed by atoms with E-state index in [1.54, 1.807) is 7.11 Å². The van der Waals surface area contributed by atoms with Crippen LogP contribution in [0.3, 0.4) is 0 Å². The predicted octanol–water partition coefficient (Wildman–Crippen LogP) is 7.20. The summed E-state index contributed by atoms with van der Waals surface area (Å²) in [6, 6.07) is 21.6. The van der Waals surface area contributed by atoms with Crippen LogP contribution in [-0.2, 0) is 10.8 Å². The van der Waals surface area contributed by atoms with Crippen LogP contribution in [0.5, 0.6) is 17.2 Å². The predicted molar refractivity (Wildman–Crippen MR) is 130 cm³/mol. The van der Waals surface area contributed by atoms with Gasteiger partial charge in [0, 0.05) is 17.0 Å². The van der Waals surface area contributed by atoms with Crippen molar-refractivity contribution >= 4 is 0 Å². The summed E-state index contributed by atoms with van der Waals surface area (Å²) < 4.78 is 17.3. The lowest BCUT2D eigenvalue weighted by Gasteiger charge is -2.31. The Balaban J connectivity index is 1.99. The minimum atomic E-state index is -0.0581. The molecule has 168 valence electrons. The second-order valence-corrected chi connectivity index (χ2v) is 10.6. The summed E-state index contributed by atoms with van der Waals surface area (Å²) in [6.45, 7) is 13.8. The molecule has 1 atom stereocenters. The Hall–Kier alpha value is -2.94. The fourth-order valence-corrected chi connectivity index (χ4v) is 4.47. The molecule has 0 N–H and O–H groups in total. The monoisotopic (exact) mass is 430 g/mol. The number of benzene rings is 3. The summed E-state index contributed by atoms with van der Waals surface area (Å²) in [4.78, 5) is 0. The van der Waals surface area contributed by atoms with Crippen molar-refractivity contribution in [1.82, 2.24) is 0 Å². The minimum absolute atomic E-state index is 0.0581. The van der Waals surface area contributed by atoms with E-state index in [0.717, 1.165) is 17.2 Å². The van der Waals surface area contributed by atoms with Gasteiger partial charge in [-0.3, -0.25) is 0 Å². The van der Waals surface area contributed by atoms with Gasteiger partial charge in [-0.25, -0.2) is 0 Å². The van der Waals surface area contributed by atoms with Gasteiger partial charge in [0.05, 0.1) is 7.11 Å². The molecule has 3 aromatic carbocycles. The summed E-state index contributed by atoms with van der Waals surface area (Å²) in [5.74, 6) is 2.68. The van der Waals surface area contributed by atoms with Crippen molar-refractivity contribution in [3.8, 4) is 17.2 Å². The highest BCUT2D eigenvalue weighted by atomic mass is 16.7. The van der Waals surface area contributed by atoms with Crippen LogP contribution in [0, 0.1) is 0 Å². The van der Waals surface area contributed by atoms with Gasteiger partial charge < -0.3 is 14.2 Å². The molecule has 3 nitrogen and oxygen atoms in total. The normalized spacial score (nSPS) is 14.3. The third kappa shape index (κ3) is 4.21. The molecule has 0 saturated carbocycles. The lowest BCUT2D eigenvalue weighted by molar-refractivity contribution is 0.174. The molecular formula is C29H34O3. The van der Waals surface area contributed by atoms with Crippen molar-refractivity contribution in [2.24, 2.45) is 0 Å². The highest BCUT2D eigenvalue weighted by Gasteiger charge is 2.30. The first kappa shape index (κ1) is 22.3. The molecule has 0 bridgehead atoms. The Kier molecular flexibility index (Phi) is 5.70. The maximum atomic E-state index is 6.00. The summed E-state index contributed by atoms with van der Waals surface area (Å²) in [6.07, 6.45) is 0. The average Bonchev–Trinajstić information content (AvgIpc) is 3.21. The molecule has 32 heavy (non-hydrogen) atoms. The first-order valence-electron chi connectivity index (χ1n) is 11.3. The van der Waals surface area contributed by atoms with Crippen LogP contribution in [0.15, 0.2) is 60.7 Å². The van der Waals surface area contributed by atoms with Crippen molar-refractivity contribution < 1.29 is 14.2 Å². The fraction of sp³-hybridized carbons (Fsp3) is 0.379. The van der Waals surface area contributed by atoms with Crippen LogP contribution in [-0.4, -0.2) is 13.9 Å². The first-order chi connectivity index (χ1) is 15.1. The van der Waals surface area contributed by atoms with Gasteiger partial charge in [0.25, 0.3) is 0 Å². The summed E-state index contributed by atoms with van der Waals surface area (Å²) in [5, 5.41) is 0. The van der Waals surface area contributed by atoms with Crippen molar-refractivity contribution in [1.29, 1.82) is 0 Å². The van der Waals surface area contributed by atoms with Crippen LogP contribution in [0.2, 0.25) is 0 Å². The molecule has 0 radical (unpaired) electrons. The highest BCUT2D eigenvalue weighted by Crippen LogP contribution is 2.45. The molecule has 1 aliphatic rings. The zero-order valence-corrected chi connectivity index (χ0v) is 20.3. The fourth-order valence-electron chi connectivity index (χ4n) is 4.47. The van der Waals surface area contributed by atoms with Crippen molar-refractivity contribution in [2.45, 2.75) is 58.3 Å². The maximum absolute atomic E-state index is 6.00. The van der Waals surface area contributed by atoms with E-state index in [1.807, 2.05) is 6.07 Å². The largest absolute Gasteiger partial charge is 0.496 e. The van der Waals surface area contributed by atoms with E-state index in [0.29, 0.717) is 0 Å². The van der Waals surface area contributed by atoms with E-state index in [-0.39, 0.29) is 23.5 Å². The van der Waals surface area contributed by atoms with Crippen LogP contribution in [0.4, 0.5) is 0 Å². The zero-order valence-electron chi connectivity index (χ0n) is 20.3. The van der Waals surface area contributed by atoms with Gasteiger partial charge in [-0.1, -0.05) is 90.1 Å². The molecule has 1 aliphatic heterocycles. The number of methoxy groups -OCH3 is 1. The van der Waals surface area contributed by atoms with E-state index in [2.05, 4.69) is 96.1 Å². The Morgan fingerprint density at radius 3 is 1.84 bits per heavy atom. The Morgan fingerprint density at radius 1 is 0.688 bits per heavy atom. The van der Waals surface area contributed by atoms with Gasteiger partial charge in [-0.05, 0) is 39.7 Å². The molecule has 0 aliphatic carbocycles. The van der Waals surface area contributed by atoms with Gasteiger partial charge in [0.15, 0.2) is 11.5 Å². The quantitative estimate of drug-likeness (QED) is 0.410. The molecular weight excluding hydrogens is 396 g/mol. The topological polar surface area (TPSA) is 27.7 Å². The third-order valence-electron chi connectivity index (χ3n) is 6.13. The third-order valence-corrected chi connectivity index (χ3v) is 6.13. The number of fused-ring (bicyclic) bond motifs is 1. The molecule has 0 spiro atoms. The van der Waals surface area contributed by atoms with Crippen LogP contribution in [0.25, 0.3) is 0 Å². The first-order valence-corrected chi connectivity index (χ1v) is 11.3. The van der Waals surface area contributed by atoms with E-state index in [4.69, 9.17) is 14.2 Å². The van der Waals surface area contributed by atoms with E-state index in [9.17, 15) is 0 Å². The van der Waals surface area contributed by atoms with E-state index >= 15 is 0 Å². The standard InChI is InChI=1S/C29H34O3/c1-28(2,3)22-15-21(16-23(27(22)30-7)29(4,5)6)26(19-11-9-8-10-12-19)20-13-14-24-25(17-20)32-18-31-24/h8-17,26H,18H2,1-7H3/t26-/m1/s1. The molecule has 0 fully saturated rings. The van der Waals surface area contributed by atoms with Crippen molar-refractivity contribution in [3.63, 3.8) is 0 Å². The van der Waals surface area contributed by atoms with Gasteiger partial charge in [0.1, 0.15) is 5.75 Å². The second kappa shape index (κ2) is 8.20. The van der Waals surface area contributed by atoms with Gasteiger partial charge in [0.2, 0.25) is 6.79 Å². The zero-order chi connectivity index (χ0) is 23.1. The lowest BCUT2D eigenvalue weighted by Crippen LogP contribution is -2.20. The summed E-state index contributed by atoms with van der Waals surface area (Å²) in [5.41, 5.74) is 6.02. The molecule has 4 rings (SSSR count). The number of ether oxygens (including phenoxy) is 3. The molecule has 1 heterocycles. The number of hydrogen-bond acceptors (Lipinski definition) is 3. The average molecular weight is 431 g/mol. The maximum Gasteiger partial charge on any atom is 0.231 e.